The van der Waals surface area contributed by atoms with Crippen LogP contribution < -0.4 is 5.32 Å². The monoisotopic (exact) mass is 354 g/mol. The van der Waals surface area contributed by atoms with Gasteiger partial charge in [-0.05, 0) is 48.4 Å². The zero-order valence-electron chi connectivity index (χ0n) is 15.1. The van der Waals surface area contributed by atoms with Crippen molar-refractivity contribution in [3.8, 4) is 0 Å². The van der Waals surface area contributed by atoms with Crippen molar-refractivity contribution in [2.24, 2.45) is 0 Å². The molecule has 0 aliphatic rings. The van der Waals surface area contributed by atoms with Crippen LogP contribution in [0.25, 0.3) is 0 Å². The quantitative estimate of drug-likeness (QED) is 0.810. The summed E-state index contributed by atoms with van der Waals surface area (Å²) in [6.07, 6.45) is 1.02. The summed E-state index contributed by atoms with van der Waals surface area (Å²) >= 11 is 0. The van der Waals surface area contributed by atoms with Gasteiger partial charge in [0, 0.05) is 31.8 Å². The lowest BCUT2D eigenvalue weighted by atomic mass is 10.1. The van der Waals surface area contributed by atoms with E-state index in [9.17, 15) is 14.4 Å². The van der Waals surface area contributed by atoms with Crippen LogP contribution in [0.5, 0.6) is 0 Å². The van der Waals surface area contributed by atoms with Crippen LogP contribution >= 0.6 is 0 Å². The Balaban J connectivity index is 2.01. The molecular weight excluding hydrogens is 332 g/mol. The number of rotatable bonds is 6. The molecule has 0 saturated heterocycles. The van der Waals surface area contributed by atoms with E-state index in [0.29, 0.717) is 29.7 Å². The molecule has 2 aromatic rings. The molecule has 0 fully saturated rings. The third-order valence-corrected chi connectivity index (χ3v) is 3.88. The van der Waals surface area contributed by atoms with Gasteiger partial charge in [0.15, 0.2) is 0 Å². The van der Waals surface area contributed by atoms with Crippen molar-refractivity contribution in [1.29, 1.82) is 0 Å². The van der Waals surface area contributed by atoms with Gasteiger partial charge < -0.3 is 15.0 Å². The average Bonchev–Trinajstić information content (AvgIpc) is 2.65. The highest BCUT2D eigenvalue weighted by Gasteiger charge is 2.10. The minimum atomic E-state index is -0.447. The van der Waals surface area contributed by atoms with Gasteiger partial charge in [0.1, 0.15) is 0 Å². The molecule has 0 aromatic heterocycles. The van der Waals surface area contributed by atoms with Gasteiger partial charge in [-0.1, -0.05) is 12.1 Å². The van der Waals surface area contributed by atoms with Crippen molar-refractivity contribution in [2.75, 3.05) is 26.5 Å². The van der Waals surface area contributed by atoms with Crippen molar-refractivity contribution in [2.45, 2.75) is 12.8 Å². The second-order valence-corrected chi connectivity index (χ2v) is 6.01. The van der Waals surface area contributed by atoms with Gasteiger partial charge in [0.25, 0.3) is 5.91 Å². The van der Waals surface area contributed by atoms with Gasteiger partial charge in [0.05, 0.1) is 12.7 Å². The number of methoxy groups -OCH3 is 1. The zero-order chi connectivity index (χ0) is 19.1. The summed E-state index contributed by atoms with van der Waals surface area (Å²) in [5.41, 5.74) is 2.45. The van der Waals surface area contributed by atoms with Gasteiger partial charge in [0.2, 0.25) is 5.91 Å². The fourth-order valence-corrected chi connectivity index (χ4v) is 2.36. The summed E-state index contributed by atoms with van der Waals surface area (Å²) in [6.45, 7) is 0. The number of nitrogens with one attached hydrogen (secondary N) is 1. The van der Waals surface area contributed by atoms with E-state index in [2.05, 4.69) is 10.1 Å². The predicted octanol–water partition coefficient (Wildman–Crippen LogP) is 2.75. The molecule has 0 heterocycles. The summed E-state index contributed by atoms with van der Waals surface area (Å²) < 4.78 is 4.63. The molecule has 0 radical (unpaired) electrons. The van der Waals surface area contributed by atoms with Crippen LogP contribution in [0.3, 0.4) is 0 Å². The van der Waals surface area contributed by atoms with Gasteiger partial charge in [-0.2, -0.15) is 0 Å². The number of carbonyl (C=O) groups excluding carboxylic acids is 3. The third-order valence-electron chi connectivity index (χ3n) is 3.88. The van der Waals surface area contributed by atoms with E-state index in [1.54, 1.807) is 49.3 Å². The number of anilines is 1. The standard InChI is InChI=1S/C20H22N2O4/c1-22(2)18(23)12-7-14-5-4-6-17(13-14)21-19(24)15-8-10-16(11-9-15)20(25)26-3/h4-6,8-11,13H,7,12H2,1-3H3,(H,21,24). The first-order chi connectivity index (χ1) is 12.4. The largest absolute Gasteiger partial charge is 0.465 e. The van der Waals surface area contributed by atoms with Gasteiger partial charge in [-0.25, -0.2) is 4.79 Å². The Hall–Kier alpha value is -3.15. The van der Waals surface area contributed by atoms with Gasteiger partial charge in [-0.3, -0.25) is 9.59 Å². The molecule has 0 saturated carbocycles. The first-order valence-corrected chi connectivity index (χ1v) is 8.19. The third kappa shape index (κ3) is 5.17. The van der Waals surface area contributed by atoms with Gasteiger partial charge >= 0.3 is 5.97 Å². The minimum Gasteiger partial charge on any atom is -0.465 e. The zero-order valence-corrected chi connectivity index (χ0v) is 15.1. The van der Waals surface area contributed by atoms with Crippen LogP contribution in [-0.2, 0) is 16.0 Å². The first kappa shape index (κ1) is 19.2. The molecule has 2 amide bonds. The SMILES string of the molecule is COC(=O)c1ccc(C(=O)Nc2cccc(CCC(=O)N(C)C)c2)cc1. The number of hydrogen-bond donors (Lipinski definition) is 1. The Labute approximate surface area is 152 Å². The number of benzene rings is 2. The average molecular weight is 354 g/mol. The number of carbonyl (C=O) groups is 3. The molecular formula is C20H22N2O4. The van der Waals surface area contributed by atoms with Crippen molar-refractivity contribution < 1.29 is 19.1 Å². The Morgan fingerprint density at radius 1 is 1.00 bits per heavy atom. The number of amides is 2. The molecule has 2 aromatic carbocycles. The number of ether oxygens (including phenoxy) is 1. The summed E-state index contributed by atoms with van der Waals surface area (Å²) in [5.74, 6) is -0.662. The molecule has 2 rings (SSSR count). The van der Waals surface area contributed by atoms with Crippen LogP contribution in [-0.4, -0.2) is 43.9 Å². The highest BCUT2D eigenvalue weighted by Crippen LogP contribution is 2.15. The van der Waals surface area contributed by atoms with E-state index >= 15 is 0 Å². The lowest BCUT2D eigenvalue weighted by Crippen LogP contribution is -2.21. The fourth-order valence-electron chi connectivity index (χ4n) is 2.36. The predicted molar refractivity (Wildman–Crippen MR) is 99.2 cm³/mol. The molecule has 6 heteroatoms. The molecule has 26 heavy (non-hydrogen) atoms. The normalized spacial score (nSPS) is 10.1. The maximum atomic E-state index is 12.3. The lowest BCUT2D eigenvalue weighted by Gasteiger charge is -2.11. The highest BCUT2D eigenvalue weighted by molar-refractivity contribution is 6.04. The summed E-state index contributed by atoms with van der Waals surface area (Å²) in [5, 5.41) is 2.82. The maximum Gasteiger partial charge on any atom is 0.337 e. The van der Waals surface area contributed by atoms with E-state index in [4.69, 9.17) is 0 Å². The van der Waals surface area contributed by atoms with Crippen LogP contribution in [0, 0.1) is 0 Å². The molecule has 0 unspecified atom stereocenters. The van der Waals surface area contributed by atoms with Crippen molar-refractivity contribution in [1.82, 2.24) is 4.90 Å². The van der Waals surface area contributed by atoms with Crippen LogP contribution in [0.15, 0.2) is 48.5 Å². The first-order valence-electron chi connectivity index (χ1n) is 8.19. The highest BCUT2D eigenvalue weighted by atomic mass is 16.5. The number of esters is 1. The Bertz CT molecular complexity index is 798. The topological polar surface area (TPSA) is 75.7 Å². The summed E-state index contributed by atoms with van der Waals surface area (Å²) in [6, 6.07) is 13.6. The maximum absolute atomic E-state index is 12.3. The molecule has 1 N–H and O–H groups in total. The van der Waals surface area contributed by atoms with Crippen LogP contribution in [0.4, 0.5) is 5.69 Å². The number of nitrogens with zero attached hydrogens (tertiary/aromatic N) is 1. The van der Waals surface area contributed by atoms with Crippen molar-refractivity contribution in [3.05, 3.63) is 65.2 Å². The van der Waals surface area contributed by atoms with E-state index in [0.717, 1.165) is 5.56 Å². The Morgan fingerprint density at radius 3 is 2.27 bits per heavy atom. The van der Waals surface area contributed by atoms with Crippen molar-refractivity contribution in [3.63, 3.8) is 0 Å². The molecule has 0 atom stereocenters. The Morgan fingerprint density at radius 2 is 1.65 bits per heavy atom. The molecule has 0 aliphatic heterocycles. The number of hydrogen-bond acceptors (Lipinski definition) is 4. The molecule has 0 spiro atoms. The van der Waals surface area contributed by atoms with E-state index < -0.39 is 5.97 Å². The molecule has 136 valence electrons. The number of aryl methyl sites for hydroxylation is 1. The molecule has 0 aliphatic carbocycles. The van der Waals surface area contributed by atoms with Crippen LogP contribution in [0.1, 0.15) is 32.7 Å². The lowest BCUT2D eigenvalue weighted by molar-refractivity contribution is -0.128. The van der Waals surface area contributed by atoms with Crippen LogP contribution in [0.2, 0.25) is 0 Å². The second-order valence-electron chi connectivity index (χ2n) is 6.01. The second kappa shape index (κ2) is 8.80. The summed E-state index contributed by atoms with van der Waals surface area (Å²) in [7, 11) is 4.76. The summed E-state index contributed by atoms with van der Waals surface area (Å²) in [4.78, 5) is 37.0. The van der Waals surface area contributed by atoms with E-state index in [1.165, 1.54) is 7.11 Å². The minimum absolute atomic E-state index is 0.0603. The Kier molecular flexibility index (Phi) is 6.49. The van der Waals surface area contributed by atoms with Gasteiger partial charge in [-0.15, -0.1) is 0 Å². The smallest absolute Gasteiger partial charge is 0.337 e. The van der Waals surface area contributed by atoms with E-state index in [1.807, 2.05) is 18.2 Å². The molecule has 6 nitrogen and oxygen atoms in total. The fraction of sp³-hybridized carbons (Fsp3) is 0.250. The van der Waals surface area contributed by atoms with Crippen molar-refractivity contribution >= 4 is 23.5 Å². The van der Waals surface area contributed by atoms with E-state index in [-0.39, 0.29) is 11.8 Å². The molecule has 0 bridgehead atoms.